The standard InChI is InChI=1S/C27H30F3N3O5S/c28-18-3-7-20(8-4-18)33-23(16-34)24(25(31-33)21-9-10-27(29,30)15-22(21)26(35)36)17-1-5-19(6-2-17)32-11-13-39(37,38)14-12-32/h1-8,21-22,34,37-38H,9-16H2,(H,35,36). The predicted molar refractivity (Wildman–Crippen MR) is 142 cm³/mol. The SMILES string of the molecule is O=C(O)C1CC(F)(F)CCC1c1nn(-c2ccc(F)cc2)c(CO)c1-c1ccc(N2CCS(O)(O)CC2)cc1. The molecule has 3 aromatic rings. The summed E-state index contributed by atoms with van der Waals surface area (Å²) in [5, 5.41) is 24.9. The Hall–Kier alpha value is -3.06. The molecule has 2 aliphatic rings. The van der Waals surface area contributed by atoms with Crippen LogP contribution >= 0.6 is 10.6 Å². The predicted octanol–water partition coefficient (Wildman–Crippen LogP) is 5.34. The molecule has 2 fully saturated rings. The first-order valence-corrected chi connectivity index (χ1v) is 14.5. The van der Waals surface area contributed by atoms with Gasteiger partial charge in [-0.15, -0.1) is 0 Å². The summed E-state index contributed by atoms with van der Waals surface area (Å²) in [7, 11) is -2.55. The highest BCUT2D eigenvalue weighted by Gasteiger charge is 2.47. The van der Waals surface area contributed by atoms with Crippen LogP contribution in [0.2, 0.25) is 0 Å². The zero-order valence-electron chi connectivity index (χ0n) is 21.0. The lowest BCUT2D eigenvalue weighted by Gasteiger charge is -2.41. The Kier molecular flexibility index (Phi) is 7.40. The summed E-state index contributed by atoms with van der Waals surface area (Å²) in [5.74, 6) is -6.54. The van der Waals surface area contributed by atoms with Crippen LogP contribution in [0, 0.1) is 11.7 Å². The highest BCUT2D eigenvalue weighted by molar-refractivity contribution is 8.24. The number of rotatable bonds is 6. The van der Waals surface area contributed by atoms with E-state index in [1.165, 1.54) is 28.9 Å². The highest BCUT2D eigenvalue weighted by Crippen LogP contribution is 2.48. The molecule has 1 aliphatic heterocycles. The van der Waals surface area contributed by atoms with Gasteiger partial charge in [0.1, 0.15) is 5.82 Å². The van der Waals surface area contributed by atoms with Gasteiger partial charge in [-0.25, -0.2) is 17.9 Å². The summed E-state index contributed by atoms with van der Waals surface area (Å²) in [6, 6.07) is 12.7. The third-order valence-electron chi connectivity index (χ3n) is 7.62. The van der Waals surface area contributed by atoms with Gasteiger partial charge in [-0.3, -0.25) is 13.9 Å². The van der Waals surface area contributed by atoms with Crippen molar-refractivity contribution in [2.45, 2.75) is 37.7 Å². The molecular formula is C27H30F3N3O5S. The van der Waals surface area contributed by atoms with Crippen LogP contribution < -0.4 is 4.90 Å². The minimum Gasteiger partial charge on any atom is -0.481 e. The number of aliphatic carboxylic acids is 1. The van der Waals surface area contributed by atoms with E-state index >= 15 is 0 Å². The highest BCUT2D eigenvalue weighted by atomic mass is 32.3. The van der Waals surface area contributed by atoms with E-state index < -0.39 is 59.6 Å². The number of carboxylic acids is 1. The van der Waals surface area contributed by atoms with Gasteiger partial charge in [-0.1, -0.05) is 12.1 Å². The van der Waals surface area contributed by atoms with Gasteiger partial charge in [0.05, 0.1) is 41.1 Å². The molecule has 2 unspecified atom stereocenters. The third-order valence-corrected chi connectivity index (χ3v) is 9.29. The number of hydrogen-bond acceptors (Lipinski definition) is 6. The lowest BCUT2D eigenvalue weighted by Crippen LogP contribution is -2.38. The fourth-order valence-electron chi connectivity index (χ4n) is 5.53. The fraction of sp³-hybridized carbons (Fsp3) is 0.407. The second-order valence-corrected chi connectivity index (χ2v) is 12.6. The minimum absolute atomic E-state index is 0.0967. The smallest absolute Gasteiger partial charge is 0.307 e. The number of alkyl halides is 2. The van der Waals surface area contributed by atoms with Gasteiger partial charge >= 0.3 is 5.97 Å². The lowest BCUT2D eigenvalue weighted by molar-refractivity contribution is -0.150. The van der Waals surface area contributed by atoms with E-state index in [2.05, 4.69) is 5.10 Å². The van der Waals surface area contributed by atoms with E-state index in [0.29, 0.717) is 41.3 Å². The van der Waals surface area contributed by atoms with Crippen molar-refractivity contribution in [3.8, 4) is 16.8 Å². The Balaban J connectivity index is 1.59. The second-order valence-electron chi connectivity index (χ2n) is 10.1. The van der Waals surface area contributed by atoms with Crippen molar-refractivity contribution < 1.29 is 37.3 Å². The summed E-state index contributed by atoms with van der Waals surface area (Å²) in [6.07, 6.45) is -1.39. The van der Waals surface area contributed by atoms with Gasteiger partial charge in [0, 0.05) is 43.1 Å². The molecule has 2 aromatic carbocycles. The van der Waals surface area contributed by atoms with Crippen molar-refractivity contribution in [2.24, 2.45) is 5.92 Å². The summed E-state index contributed by atoms with van der Waals surface area (Å²) in [6.45, 7) is 0.480. The normalized spacial score (nSPS) is 23.4. The zero-order chi connectivity index (χ0) is 27.9. The molecule has 2 atom stereocenters. The van der Waals surface area contributed by atoms with Crippen LogP contribution in [-0.4, -0.2) is 65.6 Å². The molecule has 210 valence electrons. The van der Waals surface area contributed by atoms with E-state index in [1.54, 1.807) is 12.1 Å². The van der Waals surface area contributed by atoms with E-state index in [-0.39, 0.29) is 17.9 Å². The molecule has 1 saturated heterocycles. The minimum atomic E-state index is -3.10. The number of aliphatic hydroxyl groups is 1. The molecule has 0 spiro atoms. The Morgan fingerprint density at radius 1 is 1.03 bits per heavy atom. The fourth-order valence-corrected chi connectivity index (χ4v) is 6.76. The molecule has 12 heteroatoms. The first kappa shape index (κ1) is 27.5. The molecule has 4 N–H and O–H groups in total. The lowest BCUT2D eigenvalue weighted by atomic mass is 9.74. The van der Waals surface area contributed by atoms with Crippen LogP contribution in [0.3, 0.4) is 0 Å². The van der Waals surface area contributed by atoms with Crippen LogP contribution in [0.4, 0.5) is 18.9 Å². The van der Waals surface area contributed by atoms with Crippen LogP contribution in [0.25, 0.3) is 16.8 Å². The van der Waals surface area contributed by atoms with Gasteiger partial charge < -0.3 is 15.1 Å². The van der Waals surface area contributed by atoms with Crippen molar-refractivity contribution in [2.75, 3.05) is 29.5 Å². The molecule has 8 nitrogen and oxygen atoms in total. The number of hydrogen-bond donors (Lipinski definition) is 4. The number of carboxylic acid groups (broad SMARTS) is 1. The van der Waals surface area contributed by atoms with Crippen molar-refractivity contribution in [3.05, 3.63) is 65.7 Å². The van der Waals surface area contributed by atoms with Gasteiger partial charge in [-0.2, -0.15) is 15.7 Å². The first-order chi connectivity index (χ1) is 18.5. The van der Waals surface area contributed by atoms with E-state index in [0.717, 1.165) is 5.69 Å². The van der Waals surface area contributed by atoms with Crippen LogP contribution in [0.1, 0.15) is 36.6 Å². The summed E-state index contributed by atoms with van der Waals surface area (Å²) in [4.78, 5) is 14.1. The van der Waals surface area contributed by atoms with Crippen molar-refractivity contribution >= 4 is 22.2 Å². The topological polar surface area (TPSA) is 119 Å². The van der Waals surface area contributed by atoms with Gasteiger partial charge in [0.15, 0.2) is 0 Å². The molecule has 2 heterocycles. The van der Waals surface area contributed by atoms with Crippen LogP contribution in [-0.2, 0) is 11.4 Å². The Morgan fingerprint density at radius 2 is 1.64 bits per heavy atom. The first-order valence-electron chi connectivity index (χ1n) is 12.7. The Labute approximate surface area is 225 Å². The quantitative estimate of drug-likeness (QED) is 0.318. The molecule has 5 rings (SSSR count). The van der Waals surface area contributed by atoms with Gasteiger partial charge in [-0.05, 0) is 48.4 Å². The van der Waals surface area contributed by atoms with Crippen LogP contribution in [0.15, 0.2) is 48.5 Å². The number of aromatic nitrogens is 2. The maximum Gasteiger partial charge on any atom is 0.307 e. The molecule has 0 amide bonds. The average molecular weight is 566 g/mol. The summed E-state index contributed by atoms with van der Waals surface area (Å²) in [5.41, 5.74) is 3.00. The van der Waals surface area contributed by atoms with Gasteiger partial charge in [0.25, 0.3) is 0 Å². The van der Waals surface area contributed by atoms with Crippen molar-refractivity contribution in [1.82, 2.24) is 9.78 Å². The number of anilines is 1. The number of aliphatic hydroxyl groups excluding tert-OH is 1. The third kappa shape index (κ3) is 5.65. The second kappa shape index (κ2) is 10.5. The van der Waals surface area contributed by atoms with E-state index in [1.807, 2.05) is 17.0 Å². The molecule has 0 bridgehead atoms. The molecule has 1 aliphatic carbocycles. The van der Waals surface area contributed by atoms with E-state index in [4.69, 9.17) is 0 Å². The Bertz CT molecular complexity index is 1340. The molecule has 0 radical (unpaired) electrons. The number of carbonyl (C=O) groups is 1. The zero-order valence-corrected chi connectivity index (χ0v) is 21.8. The largest absolute Gasteiger partial charge is 0.481 e. The molecular weight excluding hydrogens is 535 g/mol. The van der Waals surface area contributed by atoms with Crippen molar-refractivity contribution in [1.29, 1.82) is 0 Å². The Morgan fingerprint density at radius 3 is 2.23 bits per heavy atom. The number of nitrogens with zero attached hydrogens (tertiary/aromatic N) is 3. The number of halogens is 3. The van der Waals surface area contributed by atoms with Crippen LogP contribution in [0.5, 0.6) is 0 Å². The molecule has 1 saturated carbocycles. The molecule has 1 aromatic heterocycles. The summed E-state index contributed by atoms with van der Waals surface area (Å²) < 4.78 is 63.4. The van der Waals surface area contributed by atoms with E-state index in [9.17, 15) is 37.3 Å². The number of benzene rings is 2. The molecule has 39 heavy (non-hydrogen) atoms. The average Bonchev–Trinajstić information content (AvgIpc) is 3.28. The monoisotopic (exact) mass is 565 g/mol. The summed E-state index contributed by atoms with van der Waals surface area (Å²) >= 11 is 0. The van der Waals surface area contributed by atoms with Gasteiger partial charge in [0.2, 0.25) is 5.92 Å². The maximum atomic E-state index is 14.3. The van der Waals surface area contributed by atoms with Crippen molar-refractivity contribution in [3.63, 3.8) is 0 Å². The maximum absolute atomic E-state index is 14.3.